The van der Waals surface area contributed by atoms with Crippen LogP contribution in [0.25, 0.3) is 10.2 Å². The summed E-state index contributed by atoms with van der Waals surface area (Å²) in [6.07, 6.45) is 3.52. The van der Waals surface area contributed by atoms with E-state index >= 15 is 0 Å². The number of aryl methyl sites for hydroxylation is 1. The largest absolute Gasteiger partial charge is 0.389 e. The van der Waals surface area contributed by atoms with Crippen LogP contribution in [0.1, 0.15) is 17.7 Å². The molecule has 0 aliphatic carbocycles. The fraction of sp³-hybridized carbons (Fsp3) is 0.647. The van der Waals surface area contributed by atoms with Gasteiger partial charge in [0.2, 0.25) is 0 Å². The van der Waals surface area contributed by atoms with Crippen molar-refractivity contribution >= 4 is 27.4 Å². The molecule has 6 nitrogen and oxygen atoms in total. The van der Waals surface area contributed by atoms with Crippen molar-refractivity contribution in [2.24, 2.45) is 0 Å². The minimum absolute atomic E-state index is 0.360. The lowest BCUT2D eigenvalue weighted by Crippen LogP contribution is -2.47. The number of aromatic nitrogens is 2. The van der Waals surface area contributed by atoms with Crippen molar-refractivity contribution in [3.63, 3.8) is 0 Å². The van der Waals surface area contributed by atoms with Gasteiger partial charge in [0.15, 0.2) is 0 Å². The molecule has 2 aromatic rings. The van der Waals surface area contributed by atoms with Gasteiger partial charge in [-0.05, 0) is 25.8 Å². The van der Waals surface area contributed by atoms with E-state index in [1.54, 1.807) is 17.7 Å². The van der Waals surface area contributed by atoms with Gasteiger partial charge in [-0.15, -0.1) is 11.3 Å². The van der Waals surface area contributed by atoms with Crippen molar-refractivity contribution in [2.45, 2.75) is 31.9 Å². The highest BCUT2D eigenvalue weighted by Crippen LogP contribution is 2.31. The number of hydrogen-bond acceptors (Lipinski definition) is 7. The van der Waals surface area contributed by atoms with Gasteiger partial charge in [0.05, 0.1) is 24.7 Å². The van der Waals surface area contributed by atoms with Crippen LogP contribution in [0.5, 0.6) is 0 Å². The van der Waals surface area contributed by atoms with Crippen LogP contribution in [0, 0.1) is 6.92 Å². The molecule has 2 aliphatic rings. The lowest BCUT2D eigenvalue weighted by atomic mass is 10.0. The molecular weight excluding hydrogens is 324 g/mol. The van der Waals surface area contributed by atoms with E-state index < -0.39 is 0 Å². The molecule has 2 aromatic heterocycles. The Morgan fingerprint density at radius 2 is 2.08 bits per heavy atom. The standard InChI is InChI=1S/C17H24N4O2S/c1-12-8-15-16(18-11-19-17(15)24-12)20-4-2-13(3-5-20)21-6-7-23-10-14(22)9-21/h8,11,13-14,22H,2-7,9-10H2,1H3/t14-/m1/s1. The second-order valence-electron chi connectivity index (χ2n) is 6.72. The molecule has 0 saturated carbocycles. The molecule has 130 valence electrons. The summed E-state index contributed by atoms with van der Waals surface area (Å²) in [5.41, 5.74) is 0. The third-order valence-corrected chi connectivity index (χ3v) is 5.95. The van der Waals surface area contributed by atoms with Crippen LogP contribution in [0.2, 0.25) is 0 Å². The Hall–Kier alpha value is -1.28. The molecule has 4 heterocycles. The van der Waals surface area contributed by atoms with Crippen LogP contribution in [0.4, 0.5) is 5.82 Å². The number of anilines is 1. The Morgan fingerprint density at radius 3 is 2.92 bits per heavy atom. The first-order valence-electron chi connectivity index (χ1n) is 8.66. The van der Waals surface area contributed by atoms with E-state index in [4.69, 9.17) is 4.74 Å². The number of nitrogens with zero attached hydrogens (tertiary/aromatic N) is 4. The van der Waals surface area contributed by atoms with Crippen LogP contribution in [-0.4, -0.2) is 71.5 Å². The van der Waals surface area contributed by atoms with E-state index in [0.717, 1.165) is 56.3 Å². The third kappa shape index (κ3) is 3.26. The van der Waals surface area contributed by atoms with Crippen LogP contribution >= 0.6 is 11.3 Å². The van der Waals surface area contributed by atoms with Gasteiger partial charge < -0.3 is 14.7 Å². The fourth-order valence-corrected chi connectivity index (χ4v) is 4.65. The molecule has 24 heavy (non-hydrogen) atoms. The Balaban J connectivity index is 1.45. The monoisotopic (exact) mass is 348 g/mol. The van der Waals surface area contributed by atoms with Gasteiger partial charge in [-0.1, -0.05) is 0 Å². The Kier molecular flexibility index (Phi) is 4.67. The highest BCUT2D eigenvalue weighted by molar-refractivity contribution is 7.18. The van der Waals surface area contributed by atoms with E-state index in [1.807, 2.05) is 0 Å². The molecule has 1 N–H and O–H groups in total. The lowest BCUT2D eigenvalue weighted by Gasteiger charge is -2.38. The van der Waals surface area contributed by atoms with E-state index in [1.165, 1.54) is 10.3 Å². The molecule has 0 amide bonds. The molecule has 0 radical (unpaired) electrons. The van der Waals surface area contributed by atoms with Crippen molar-refractivity contribution in [1.82, 2.24) is 14.9 Å². The first-order chi connectivity index (χ1) is 11.7. The molecule has 1 atom stereocenters. The summed E-state index contributed by atoms with van der Waals surface area (Å²) in [7, 11) is 0. The SMILES string of the molecule is Cc1cc2c(N3CCC(N4CCOC[C@H](O)C4)CC3)ncnc2s1. The number of ether oxygens (including phenoxy) is 1. The van der Waals surface area contributed by atoms with Crippen molar-refractivity contribution in [3.05, 3.63) is 17.3 Å². The maximum atomic E-state index is 9.95. The van der Waals surface area contributed by atoms with Gasteiger partial charge >= 0.3 is 0 Å². The molecule has 2 saturated heterocycles. The summed E-state index contributed by atoms with van der Waals surface area (Å²) in [6, 6.07) is 2.73. The van der Waals surface area contributed by atoms with E-state index in [2.05, 4.69) is 32.8 Å². The summed E-state index contributed by atoms with van der Waals surface area (Å²) in [5.74, 6) is 1.07. The highest BCUT2D eigenvalue weighted by Gasteiger charge is 2.28. The van der Waals surface area contributed by atoms with Gasteiger partial charge in [0, 0.05) is 37.1 Å². The predicted octanol–water partition coefficient (Wildman–Crippen LogP) is 1.66. The zero-order chi connectivity index (χ0) is 16.5. The van der Waals surface area contributed by atoms with Crippen molar-refractivity contribution in [3.8, 4) is 0 Å². The van der Waals surface area contributed by atoms with E-state index in [-0.39, 0.29) is 6.10 Å². The quantitative estimate of drug-likeness (QED) is 0.891. The number of piperidine rings is 1. The summed E-state index contributed by atoms with van der Waals surface area (Å²) >= 11 is 1.73. The average Bonchev–Trinajstić information content (AvgIpc) is 2.84. The molecule has 0 bridgehead atoms. The lowest BCUT2D eigenvalue weighted by molar-refractivity contribution is 0.0534. The minimum Gasteiger partial charge on any atom is -0.389 e. The van der Waals surface area contributed by atoms with E-state index in [9.17, 15) is 5.11 Å². The molecule has 4 rings (SSSR count). The molecule has 7 heteroatoms. The molecular formula is C17H24N4O2S. The van der Waals surface area contributed by atoms with Crippen LogP contribution in [0.3, 0.4) is 0 Å². The van der Waals surface area contributed by atoms with Gasteiger partial charge in [0.25, 0.3) is 0 Å². The number of β-amino-alcohol motifs (C(OH)–C–C–N with tert-alkyl or cyclic N) is 1. The number of hydrogen-bond donors (Lipinski definition) is 1. The van der Waals surface area contributed by atoms with Gasteiger partial charge in [-0.25, -0.2) is 9.97 Å². The van der Waals surface area contributed by atoms with Gasteiger partial charge in [-0.3, -0.25) is 4.90 Å². The highest BCUT2D eigenvalue weighted by atomic mass is 32.1. The molecule has 0 spiro atoms. The number of thiophene rings is 1. The first-order valence-corrected chi connectivity index (χ1v) is 9.48. The zero-order valence-electron chi connectivity index (χ0n) is 14.0. The topological polar surface area (TPSA) is 61.7 Å². The molecule has 0 aromatic carbocycles. The Morgan fingerprint density at radius 1 is 1.25 bits per heavy atom. The summed E-state index contributed by atoms with van der Waals surface area (Å²) in [6.45, 7) is 6.95. The number of fused-ring (bicyclic) bond motifs is 1. The Labute approximate surface area is 146 Å². The number of aliphatic hydroxyl groups excluding tert-OH is 1. The second kappa shape index (κ2) is 6.92. The van der Waals surface area contributed by atoms with Gasteiger partial charge in [-0.2, -0.15) is 0 Å². The maximum Gasteiger partial charge on any atom is 0.140 e. The summed E-state index contributed by atoms with van der Waals surface area (Å²) in [4.78, 5) is 16.1. The predicted molar refractivity (Wildman–Crippen MR) is 95.8 cm³/mol. The van der Waals surface area contributed by atoms with Crippen molar-refractivity contribution in [1.29, 1.82) is 0 Å². The average molecular weight is 348 g/mol. The normalized spacial score (nSPS) is 24.4. The first kappa shape index (κ1) is 16.2. The minimum atomic E-state index is -0.360. The van der Waals surface area contributed by atoms with Crippen molar-refractivity contribution in [2.75, 3.05) is 44.3 Å². The summed E-state index contributed by atoms with van der Waals surface area (Å²) in [5, 5.41) is 11.1. The number of rotatable bonds is 2. The van der Waals surface area contributed by atoms with Crippen LogP contribution in [-0.2, 0) is 4.74 Å². The summed E-state index contributed by atoms with van der Waals surface area (Å²) < 4.78 is 5.45. The molecule has 2 aliphatic heterocycles. The zero-order valence-corrected chi connectivity index (χ0v) is 14.8. The fourth-order valence-electron chi connectivity index (χ4n) is 3.81. The number of aliphatic hydroxyl groups is 1. The van der Waals surface area contributed by atoms with Crippen molar-refractivity contribution < 1.29 is 9.84 Å². The Bertz CT molecular complexity index is 699. The van der Waals surface area contributed by atoms with Crippen LogP contribution < -0.4 is 4.90 Å². The van der Waals surface area contributed by atoms with Crippen LogP contribution in [0.15, 0.2) is 12.4 Å². The maximum absolute atomic E-state index is 9.95. The van der Waals surface area contributed by atoms with E-state index in [0.29, 0.717) is 12.6 Å². The molecule has 2 fully saturated rings. The second-order valence-corrected chi connectivity index (χ2v) is 7.95. The third-order valence-electron chi connectivity index (χ3n) is 4.99. The molecule has 0 unspecified atom stereocenters. The smallest absolute Gasteiger partial charge is 0.140 e. The van der Waals surface area contributed by atoms with Gasteiger partial charge in [0.1, 0.15) is 17.0 Å².